The van der Waals surface area contributed by atoms with E-state index >= 15 is 0 Å². The van der Waals surface area contributed by atoms with Gasteiger partial charge in [-0.15, -0.1) is 0 Å². The van der Waals surface area contributed by atoms with Crippen LogP contribution in [-0.4, -0.2) is 58.3 Å². The van der Waals surface area contributed by atoms with Crippen LogP contribution in [0.5, 0.6) is 5.75 Å². The maximum Gasteiger partial charge on any atom is 0.447 e. The highest BCUT2D eigenvalue weighted by Crippen LogP contribution is 2.57. The average molecular weight is 642 g/mol. The Kier molecular flexibility index (Phi) is 9.11. The van der Waals surface area contributed by atoms with Crippen LogP contribution in [-0.2, 0) is 0 Å². The number of thioether (sulfide) groups is 1. The number of anilines is 2. The molecule has 3 aliphatic rings. The summed E-state index contributed by atoms with van der Waals surface area (Å²) in [5.74, 6) is 9.68. The molecule has 2 bridgehead atoms. The van der Waals surface area contributed by atoms with Crippen LogP contribution in [0.2, 0.25) is 0 Å². The molecule has 3 fully saturated rings. The number of nitrogens with zero attached hydrogens (tertiary/aromatic N) is 2. The molecule has 1 amide bonds. The summed E-state index contributed by atoms with van der Waals surface area (Å²) in [7, 11) is 1.47. The number of carbonyl (C=O) groups is 1. The van der Waals surface area contributed by atoms with Crippen LogP contribution in [0.3, 0.4) is 0 Å². The molecule has 8 nitrogen and oxygen atoms in total. The summed E-state index contributed by atoms with van der Waals surface area (Å²) < 4.78 is 48.1. The fraction of sp³-hybridized carbons (Fsp3) is 0.515. The summed E-state index contributed by atoms with van der Waals surface area (Å²) >= 11 is -0.177. The number of alkyl halides is 3. The SMILES string of the molecule is COc1cc(C(=O)NC[C@@H](C)O)ccc1NCC#Cc1cc2c(N[C@@H]3CCC[C@@H]4CC5CC3CC54)nccn2c1SC(F)(F)F. The zero-order valence-corrected chi connectivity index (χ0v) is 26.1. The first-order valence-electron chi connectivity index (χ1n) is 15.5. The number of aliphatic hydroxyl groups excluding tert-OH is 1. The molecule has 3 aromatic rings. The van der Waals surface area contributed by atoms with Gasteiger partial charge in [-0.25, -0.2) is 4.98 Å². The van der Waals surface area contributed by atoms with Gasteiger partial charge in [0.1, 0.15) is 10.8 Å². The molecule has 6 atom stereocenters. The molecule has 3 aliphatic carbocycles. The second-order valence-electron chi connectivity index (χ2n) is 12.4. The van der Waals surface area contributed by atoms with Crippen LogP contribution in [0.15, 0.2) is 41.7 Å². The largest absolute Gasteiger partial charge is 0.495 e. The lowest BCUT2D eigenvalue weighted by atomic mass is 9.64. The Balaban J connectivity index is 1.20. The van der Waals surface area contributed by atoms with E-state index in [0.717, 1.165) is 30.6 Å². The Labute approximate surface area is 264 Å². The minimum atomic E-state index is -4.49. The number of rotatable bonds is 9. The zero-order chi connectivity index (χ0) is 31.7. The zero-order valence-electron chi connectivity index (χ0n) is 25.3. The lowest BCUT2D eigenvalue weighted by Crippen LogP contribution is -2.34. The molecule has 2 heterocycles. The molecular formula is C33H38F3N5O3S. The molecule has 0 spiro atoms. The fourth-order valence-corrected chi connectivity index (χ4v) is 8.07. The van der Waals surface area contributed by atoms with E-state index in [-0.39, 0.29) is 47.4 Å². The van der Waals surface area contributed by atoms with Crippen molar-refractivity contribution < 1.29 is 27.8 Å². The third-order valence-electron chi connectivity index (χ3n) is 9.45. The number of hydrogen-bond donors (Lipinski definition) is 4. The van der Waals surface area contributed by atoms with Gasteiger partial charge in [0.2, 0.25) is 0 Å². The first-order chi connectivity index (χ1) is 21.6. The van der Waals surface area contributed by atoms with E-state index in [0.29, 0.717) is 34.3 Å². The summed E-state index contributed by atoms with van der Waals surface area (Å²) in [4.78, 5) is 16.9. The third-order valence-corrected chi connectivity index (χ3v) is 10.3. The number of fused-ring (bicyclic) bond motifs is 2. The Morgan fingerprint density at radius 3 is 2.80 bits per heavy atom. The predicted octanol–water partition coefficient (Wildman–Crippen LogP) is 6.16. The first-order valence-corrected chi connectivity index (χ1v) is 16.3. The molecule has 45 heavy (non-hydrogen) atoms. The van der Waals surface area contributed by atoms with E-state index in [4.69, 9.17) is 4.74 Å². The van der Waals surface area contributed by atoms with Gasteiger partial charge in [0.25, 0.3) is 5.91 Å². The highest BCUT2D eigenvalue weighted by Gasteiger charge is 2.50. The molecule has 6 rings (SSSR count). The molecule has 2 aromatic heterocycles. The standard InChI is InChI=1S/C33H38F3N5O3S/c1-19(42)18-39-31(43)21-8-9-27(29(17-21)44-2)37-10-4-6-22-16-28-30(38-11-12-41(28)32(22)45-33(34,35)36)40-26-7-3-5-20-13-23-14-24(26)15-25(20)23/h8-9,11-12,16-17,19-20,23-26,37,42H,3,5,7,10,13-15,18H2,1-2H3,(H,38,40)(H,39,43)/t19-,20-,23?,24?,25?,26-/m1/s1. The smallest absolute Gasteiger partial charge is 0.447 e. The number of methoxy groups -OCH3 is 1. The Morgan fingerprint density at radius 2 is 2.02 bits per heavy atom. The molecule has 1 aromatic carbocycles. The van der Waals surface area contributed by atoms with Crippen molar-refractivity contribution in [2.75, 3.05) is 30.8 Å². The number of amides is 1. The second kappa shape index (κ2) is 13.0. The summed E-state index contributed by atoms with van der Waals surface area (Å²) in [6, 6.07) is 6.80. The molecule has 0 aliphatic heterocycles. The Morgan fingerprint density at radius 1 is 1.20 bits per heavy atom. The maximum atomic E-state index is 13.7. The minimum Gasteiger partial charge on any atom is -0.495 e. The van der Waals surface area contributed by atoms with E-state index in [1.165, 1.54) is 37.2 Å². The van der Waals surface area contributed by atoms with E-state index in [2.05, 4.69) is 32.8 Å². The van der Waals surface area contributed by atoms with Crippen molar-refractivity contribution >= 4 is 34.7 Å². The summed E-state index contributed by atoms with van der Waals surface area (Å²) in [6.07, 6.45) is 9.73. The number of benzene rings is 1. The quantitative estimate of drug-likeness (QED) is 0.164. The van der Waals surface area contributed by atoms with Crippen LogP contribution >= 0.6 is 11.8 Å². The molecular weight excluding hydrogens is 603 g/mol. The number of nitrogens with one attached hydrogen (secondary N) is 3. The Hall–Kier alpha value is -3.56. The van der Waals surface area contributed by atoms with Gasteiger partial charge in [-0.2, -0.15) is 13.2 Å². The van der Waals surface area contributed by atoms with Crippen LogP contribution in [0.1, 0.15) is 61.4 Å². The molecule has 3 unspecified atom stereocenters. The van der Waals surface area contributed by atoms with Crippen molar-refractivity contribution in [3.05, 3.63) is 47.8 Å². The van der Waals surface area contributed by atoms with Crippen LogP contribution in [0.25, 0.3) is 5.52 Å². The van der Waals surface area contributed by atoms with Crippen molar-refractivity contribution in [2.24, 2.45) is 23.7 Å². The highest BCUT2D eigenvalue weighted by atomic mass is 32.2. The van der Waals surface area contributed by atoms with Gasteiger partial charge in [0.05, 0.1) is 36.5 Å². The molecule has 0 saturated heterocycles. The Bertz CT molecular complexity index is 1610. The highest BCUT2D eigenvalue weighted by molar-refractivity contribution is 8.00. The molecule has 240 valence electrons. The van der Waals surface area contributed by atoms with Crippen molar-refractivity contribution in [2.45, 2.75) is 68.1 Å². The van der Waals surface area contributed by atoms with Gasteiger partial charge >= 0.3 is 5.51 Å². The summed E-state index contributed by atoms with van der Waals surface area (Å²) in [6.45, 7) is 1.83. The van der Waals surface area contributed by atoms with Crippen molar-refractivity contribution in [1.29, 1.82) is 0 Å². The van der Waals surface area contributed by atoms with E-state index in [9.17, 15) is 23.1 Å². The average Bonchev–Trinajstić information content (AvgIpc) is 3.55. The van der Waals surface area contributed by atoms with Crippen LogP contribution in [0.4, 0.5) is 24.7 Å². The number of aliphatic hydroxyl groups is 1. The van der Waals surface area contributed by atoms with E-state index < -0.39 is 11.6 Å². The lowest BCUT2D eigenvalue weighted by molar-refractivity contribution is -0.0329. The van der Waals surface area contributed by atoms with Gasteiger partial charge in [-0.1, -0.05) is 24.7 Å². The number of halogens is 3. The number of aromatic nitrogens is 2. The lowest BCUT2D eigenvalue weighted by Gasteiger charge is -2.41. The van der Waals surface area contributed by atoms with Crippen molar-refractivity contribution in [3.8, 4) is 17.6 Å². The summed E-state index contributed by atoms with van der Waals surface area (Å²) in [5.41, 5.74) is -2.71. The molecule has 12 heteroatoms. The van der Waals surface area contributed by atoms with Gasteiger partial charge < -0.3 is 30.2 Å². The van der Waals surface area contributed by atoms with Crippen LogP contribution in [0, 0.1) is 35.5 Å². The normalized spacial score (nSPS) is 24.4. The molecule has 3 saturated carbocycles. The second-order valence-corrected chi connectivity index (χ2v) is 13.5. The van der Waals surface area contributed by atoms with Crippen LogP contribution < -0.4 is 20.7 Å². The molecule has 4 N–H and O–H groups in total. The van der Waals surface area contributed by atoms with E-state index in [1.54, 1.807) is 43.6 Å². The minimum absolute atomic E-state index is 0.0000116. The van der Waals surface area contributed by atoms with Crippen molar-refractivity contribution in [3.63, 3.8) is 0 Å². The maximum absolute atomic E-state index is 13.7. The topological polar surface area (TPSA) is 99.9 Å². The third kappa shape index (κ3) is 6.99. The first kappa shape index (κ1) is 31.4. The molecule has 0 radical (unpaired) electrons. The number of carbonyl (C=O) groups excluding carboxylic acids is 1. The van der Waals surface area contributed by atoms with Crippen molar-refractivity contribution in [1.82, 2.24) is 14.7 Å². The van der Waals surface area contributed by atoms with Gasteiger partial charge in [-0.3, -0.25) is 4.79 Å². The monoisotopic (exact) mass is 641 g/mol. The summed E-state index contributed by atoms with van der Waals surface area (Å²) in [5, 5.41) is 18.8. The van der Waals surface area contributed by atoms with Gasteiger partial charge in [0, 0.05) is 42.3 Å². The predicted molar refractivity (Wildman–Crippen MR) is 169 cm³/mol. The van der Waals surface area contributed by atoms with Gasteiger partial charge in [-0.05, 0) is 80.5 Å². The van der Waals surface area contributed by atoms with E-state index in [1.807, 2.05) is 0 Å². The van der Waals surface area contributed by atoms with Gasteiger partial charge in [0.15, 0.2) is 5.82 Å². The number of ether oxygens (including phenoxy) is 1. The number of hydrogen-bond acceptors (Lipinski definition) is 7. The fourth-order valence-electron chi connectivity index (χ4n) is 7.37.